The number of rotatable bonds is 7. The molecule has 2 N–H and O–H groups in total. The number of nitrogens with one attached hydrogen (secondary N) is 2. The molecule has 0 amide bonds. The Morgan fingerprint density at radius 2 is 1.74 bits per heavy atom. The second-order valence-corrected chi connectivity index (χ2v) is 8.06. The number of aromatic nitrogens is 2. The second-order valence-electron chi connectivity index (χ2n) is 7.65. The maximum absolute atomic E-state index is 11.0. The lowest BCUT2D eigenvalue weighted by Crippen LogP contribution is -2.20. The van der Waals surface area contributed by atoms with E-state index in [0.29, 0.717) is 17.3 Å². The van der Waals surface area contributed by atoms with Gasteiger partial charge in [0, 0.05) is 17.8 Å². The predicted octanol–water partition coefficient (Wildman–Crippen LogP) is 6.06. The van der Waals surface area contributed by atoms with E-state index < -0.39 is 4.92 Å². The molecule has 4 rings (SSSR count). The van der Waals surface area contributed by atoms with Crippen LogP contribution in [0.5, 0.6) is 11.5 Å². The molecule has 3 aromatic carbocycles. The Balaban J connectivity index is 1.45. The molecule has 8 nitrogen and oxygen atoms in total. The van der Waals surface area contributed by atoms with Gasteiger partial charge in [0.05, 0.1) is 28.5 Å². The summed E-state index contributed by atoms with van der Waals surface area (Å²) in [6.07, 6.45) is 0. The van der Waals surface area contributed by atoms with Gasteiger partial charge in [0.25, 0.3) is 5.69 Å². The van der Waals surface area contributed by atoms with Crippen molar-refractivity contribution in [2.24, 2.45) is 0 Å². The zero-order valence-electron chi connectivity index (χ0n) is 18.7. The summed E-state index contributed by atoms with van der Waals surface area (Å²) >= 11 is 5.42. The number of non-ortho nitro benzene ring substituents is 1. The van der Waals surface area contributed by atoms with Crippen LogP contribution >= 0.6 is 12.2 Å². The highest BCUT2D eigenvalue weighted by Gasteiger charge is 2.14. The first-order valence-electron chi connectivity index (χ1n) is 10.6. The first kappa shape index (κ1) is 22.9. The molecule has 0 saturated heterocycles. The number of anilines is 2. The Bertz CT molecular complexity index is 1340. The first-order valence-corrected chi connectivity index (χ1v) is 11.0. The molecule has 0 radical (unpaired) electrons. The highest BCUT2D eigenvalue weighted by molar-refractivity contribution is 7.80. The van der Waals surface area contributed by atoms with Crippen LogP contribution in [-0.4, -0.2) is 19.8 Å². The molecule has 4 aromatic rings. The van der Waals surface area contributed by atoms with Crippen LogP contribution in [-0.2, 0) is 6.54 Å². The lowest BCUT2D eigenvalue weighted by atomic mass is 10.2. The molecule has 9 heteroatoms. The molecule has 0 atom stereocenters. The quantitative estimate of drug-likeness (QED) is 0.191. The summed E-state index contributed by atoms with van der Waals surface area (Å²) in [6.45, 7) is 4.42. The molecule has 1 aromatic heterocycles. The molecule has 0 aliphatic carbocycles. The second kappa shape index (κ2) is 10.1. The fourth-order valence-corrected chi connectivity index (χ4v) is 3.73. The van der Waals surface area contributed by atoms with E-state index in [-0.39, 0.29) is 5.69 Å². The molecule has 34 heavy (non-hydrogen) atoms. The average Bonchev–Trinajstić information content (AvgIpc) is 3.07. The van der Waals surface area contributed by atoms with Crippen LogP contribution in [0.4, 0.5) is 17.1 Å². The number of nitro groups is 1. The third-order valence-electron chi connectivity index (χ3n) is 5.14. The highest BCUT2D eigenvalue weighted by atomic mass is 32.1. The van der Waals surface area contributed by atoms with E-state index >= 15 is 0 Å². The Hall–Kier alpha value is -4.24. The van der Waals surface area contributed by atoms with Crippen molar-refractivity contribution in [3.8, 4) is 11.5 Å². The maximum Gasteiger partial charge on any atom is 0.271 e. The Kier molecular flexibility index (Phi) is 6.84. The summed E-state index contributed by atoms with van der Waals surface area (Å²) in [5, 5.41) is 22.1. The van der Waals surface area contributed by atoms with Gasteiger partial charge in [0.15, 0.2) is 5.11 Å². The Labute approximate surface area is 202 Å². The summed E-state index contributed by atoms with van der Waals surface area (Å²) in [5.41, 5.74) is 4.06. The SMILES string of the molecule is Cc1nn(Cc2cccc(Oc3ccccc3)c2)c(C)c1NC(=S)Nc1cccc([N+](=O)[O-])c1. The van der Waals surface area contributed by atoms with Crippen molar-refractivity contribution in [2.75, 3.05) is 10.6 Å². The zero-order valence-corrected chi connectivity index (χ0v) is 19.5. The first-order chi connectivity index (χ1) is 16.4. The van der Waals surface area contributed by atoms with E-state index in [1.807, 2.05) is 73.1 Å². The van der Waals surface area contributed by atoms with Crippen LogP contribution in [0.3, 0.4) is 0 Å². The van der Waals surface area contributed by atoms with E-state index in [1.54, 1.807) is 12.1 Å². The molecule has 0 unspecified atom stereocenters. The zero-order chi connectivity index (χ0) is 24.1. The van der Waals surface area contributed by atoms with Gasteiger partial charge in [0.1, 0.15) is 11.5 Å². The number of benzene rings is 3. The topological polar surface area (TPSA) is 94.2 Å². The van der Waals surface area contributed by atoms with Gasteiger partial charge in [-0.15, -0.1) is 0 Å². The third kappa shape index (κ3) is 5.57. The maximum atomic E-state index is 11.0. The van der Waals surface area contributed by atoms with Crippen molar-refractivity contribution in [3.63, 3.8) is 0 Å². The van der Waals surface area contributed by atoms with Gasteiger partial charge in [-0.05, 0) is 62.0 Å². The molecular weight excluding hydrogens is 450 g/mol. The average molecular weight is 474 g/mol. The lowest BCUT2D eigenvalue weighted by Gasteiger charge is -2.12. The minimum atomic E-state index is -0.445. The Morgan fingerprint density at radius 1 is 1.00 bits per heavy atom. The summed E-state index contributed by atoms with van der Waals surface area (Å²) in [5.74, 6) is 1.54. The number of aryl methyl sites for hydroxylation is 1. The normalized spacial score (nSPS) is 10.5. The van der Waals surface area contributed by atoms with Crippen LogP contribution in [0, 0.1) is 24.0 Å². The van der Waals surface area contributed by atoms with E-state index in [1.165, 1.54) is 12.1 Å². The smallest absolute Gasteiger partial charge is 0.271 e. The van der Waals surface area contributed by atoms with Gasteiger partial charge >= 0.3 is 0 Å². The number of hydrogen-bond donors (Lipinski definition) is 2. The summed E-state index contributed by atoms with van der Waals surface area (Å²) in [7, 11) is 0. The van der Waals surface area contributed by atoms with Gasteiger partial charge < -0.3 is 15.4 Å². The molecule has 1 heterocycles. The van der Waals surface area contributed by atoms with E-state index in [9.17, 15) is 10.1 Å². The summed E-state index contributed by atoms with van der Waals surface area (Å²) in [6, 6.07) is 23.7. The van der Waals surface area contributed by atoms with Crippen molar-refractivity contribution >= 4 is 34.4 Å². The monoisotopic (exact) mass is 473 g/mol. The number of nitrogens with zero attached hydrogens (tertiary/aromatic N) is 3. The molecule has 0 aliphatic heterocycles. The number of nitro benzene ring substituents is 1. The molecule has 0 fully saturated rings. The van der Waals surface area contributed by atoms with E-state index in [4.69, 9.17) is 17.0 Å². The van der Waals surface area contributed by atoms with Crippen LogP contribution < -0.4 is 15.4 Å². The predicted molar refractivity (Wildman–Crippen MR) is 137 cm³/mol. The van der Waals surface area contributed by atoms with Crippen LogP contribution in [0.1, 0.15) is 17.0 Å². The van der Waals surface area contributed by atoms with Crippen LogP contribution in [0.15, 0.2) is 78.9 Å². The van der Waals surface area contributed by atoms with Gasteiger partial charge in [-0.2, -0.15) is 5.10 Å². The largest absolute Gasteiger partial charge is 0.457 e. The van der Waals surface area contributed by atoms with Gasteiger partial charge in [-0.3, -0.25) is 14.8 Å². The molecule has 0 aliphatic rings. The lowest BCUT2D eigenvalue weighted by molar-refractivity contribution is -0.384. The number of thiocarbonyl (C=S) groups is 1. The van der Waals surface area contributed by atoms with Crippen molar-refractivity contribution in [1.82, 2.24) is 9.78 Å². The molecule has 0 saturated carbocycles. The standard InChI is InChI=1S/C25H23N5O3S/c1-17-24(27-25(34)26-20-9-7-10-21(15-20)30(31)32)18(2)29(28-17)16-19-8-6-13-23(14-19)33-22-11-4-3-5-12-22/h3-15H,16H2,1-2H3,(H2,26,27,34). The fraction of sp³-hybridized carbons (Fsp3) is 0.120. The van der Waals surface area contributed by atoms with Crippen molar-refractivity contribution in [1.29, 1.82) is 0 Å². The van der Waals surface area contributed by atoms with Crippen molar-refractivity contribution < 1.29 is 9.66 Å². The van der Waals surface area contributed by atoms with Gasteiger partial charge in [0.2, 0.25) is 0 Å². The number of para-hydroxylation sites is 1. The highest BCUT2D eigenvalue weighted by Crippen LogP contribution is 2.25. The molecular formula is C25H23N5O3S. The summed E-state index contributed by atoms with van der Waals surface area (Å²) in [4.78, 5) is 10.6. The third-order valence-corrected chi connectivity index (χ3v) is 5.35. The number of hydrogen-bond acceptors (Lipinski definition) is 5. The van der Waals surface area contributed by atoms with Crippen molar-refractivity contribution in [2.45, 2.75) is 20.4 Å². The fourth-order valence-electron chi connectivity index (χ4n) is 3.51. The van der Waals surface area contributed by atoms with Crippen molar-refractivity contribution in [3.05, 3.63) is 106 Å². The van der Waals surface area contributed by atoms with Crippen LogP contribution in [0.2, 0.25) is 0 Å². The number of ether oxygens (including phenoxy) is 1. The Morgan fingerprint density at radius 3 is 2.50 bits per heavy atom. The minimum absolute atomic E-state index is 0.00791. The molecule has 0 bridgehead atoms. The van der Waals surface area contributed by atoms with Gasteiger partial charge in [-0.1, -0.05) is 36.4 Å². The van der Waals surface area contributed by atoms with Gasteiger partial charge in [-0.25, -0.2) is 0 Å². The molecule has 0 spiro atoms. The molecule has 172 valence electrons. The minimum Gasteiger partial charge on any atom is -0.457 e. The van der Waals surface area contributed by atoms with E-state index in [0.717, 1.165) is 34.1 Å². The van der Waals surface area contributed by atoms with Crippen LogP contribution in [0.25, 0.3) is 0 Å². The van der Waals surface area contributed by atoms with E-state index in [2.05, 4.69) is 15.7 Å². The summed E-state index contributed by atoms with van der Waals surface area (Å²) < 4.78 is 7.84.